The lowest BCUT2D eigenvalue weighted by molar-refractivity contribution is 0.311. The molecule has 3 aromatic rings. The number of benzene rings is 2. The van der Waals surface area contributed by atoms with E-state index in [1.807, 2.05) is 49.5 Å². The zero-order valence-corrected chi connectivity index (χ0v) is 13.0. The number of aromatic nitrogens is 2. The molecule has 1 aromatic heterocycles. The van der Waals surface area contributed by atoms with Crippen LogP contribution in [0.2, 0.25) is 5.02 Å². The number of hydrogen-bond donors (Lipinski definition) is 1. The molecule has 112 valence electrons. The Balaban J connectivity index is 1.79. The van der Waals surface area contributed by atoms with Crippen LogP contribution in [-0.4, -0.2) is 21.9 Å². The number of halogens is 1. The lowest BCUT2D eigenvalue weighted by Crippen LogP contribution is -2.21. The molecular formula is C17H16ClN3O. The summed E-state index contributed by atoms with van der Waals surface area (Å²) in [5.74, 6) is 0.660. The van der Waals surface area contributed by atoms with Crippen LogP contribution in [0.3, 0.4) is 0 Å². The van der Waals surface area contributed by atoms with Crippen molar-refractivity contribution in [2.24, 2.45) is 0 Å². The summed E-state index contributed by atoms with van der Waals surface area (Å²) in [7, 11) is 1.98. The smallest absolute Gasteiger partial charge is 0.258 e. The van der Waals surface area contributed by atoms with Crippen LogP contribution in [0, 0.1) is 0 Å². The molecule has 0 spiro atoms. The van der Waals surface area contributed by atoms with Gasteiger partial charge in [0.15, 0.2) is 0 Å². The molecule has 0 aliphatic rings. The maximum Gasteiger partial charge on any atom is 0.258 e. The third-order valence-electron chi connectivity index (χ3n) is 3.42. The number of rotatable bonds is 4. The Morgan fingerprint density at radius 3 is 2.77 bits per heavy atom. The number of hydrogen-bond acceptors (Lipinski definition) is 3. The molecule has 0 aliphatic carbocycles. The zero-order chi connectivity index (χ0) is 15.5. The van der Waals surface area contributed by atoms with Gasteiger partial charge < -0.3 is 4.98 Å². The molecule has 0 saturated heterocycles. The number of nitrogens with zero attached hydrogens (tertiary/aromatic N) is 2. The highest BCUT2D eigenvalue weighted by atomic mass is 35.5. The highest BCUT2D eigenvalue weighted by Gasteiger charge is 2.07. The van der Waals surface area contributed by atoms with Crippen LogP contribution in [0.15, 0.2) is 53.3 Å². The minimum absolute atomic E-state index is 0.100. The van der Waals surface area contributed by atoms with Crippen LogP contribution >= 0.6 is 11.6 Å². The molecule has 3 rings (SSSR count). The van der Waals surface area contributed by atoms with Crippen molar-refractivity contribution in [1.82, 2.24) is 14.9 Å². The van der Waals surface area contributed by atoms with Crippen molar-refractivity contribution < 1.29 is 0 Å². The third-order valence-corrected chi connectivity index (χ3v) is 3.66. The highest BCUT2D eigenvalue weighted by Crippen LogP contribution is 2.13. The minimum atomic E-state index is -0.100. The van der Waals surface area contributed by atoms with E-state index in [-0.39, 0.29) is 5.56 Å². The fourth-order valence-corrected chi connectivity index (χ4v) is 2.68. The van der Waals surface area contributed by atoms with Gasteiger partial charge in [-0.25, -0.2) is 4.98 Å². The number of nitrogens with one attached hydrogen (secondary N) is 1. The quantitative estimate of drug-likeness (QED) is 0.804. The summed E-state index contributed by atoms with van der Waals surface area (Å²) >= 11 is 6.00. The Hall–Kier alpha value is -2.17. The molecule has 0 amide bonds. The molecule has 0 saturated carbocycles. The average molecular weight is 314 g/mol. The first kappa shape index (κ1) is 14.8. The van der Waals surface area contributed by atoms with E-state index in [1.165, 1.54) is 0 Å². The summed E-state index contributed by atoms with van der Waals surface area (Å²) in [6, 6.07) is 15.1. The Labute approximate surface area is 133 Å². The first-order chi connectivity index (χ1) is 10.6. The molecular weight excluding hydrogens is 298 g/mol. The van der Waals surface area contributed by atoms with Crippen LogP contribution in [0.25, 0.3) is 10.9 Å². The van der Waals surface area contributed by atoms with Gasteiger partial charge in [-0.05, 0) is 36.9 Å². The SMILES string of the molecule is CN(Cc1cccc(Cl)c1)Cc1nc2ccccc2c(=O)[nH]1. The molecule has 22 heavy (non-hydrogen) atoms. The normalized spacial score (nSPS) is 11.2. The van der Waals surface area contributed by atoms with E-state index in [4.69, 9.17) is 11.6 Å². The summed E-state index contributed by atoms with van der Waals surface area (Å²) < 4.78 is 0. The zero-order valence-electron chi connectivity index (χ0n) is 12.2. The van der Waals surface area contributed by atoms with Crippen molar-refractivity contribution in [3.05, 3.63) is 75.3 Å². The van der Waals surface area contributed by atoms with Crippen molar-refractivity contribution in [2.75, 3.05) is 7.05 Å². The molecule has 4 nitrogen and oxygen atoms in total. The van der Waals surface area contributed by atoms with E-state index >= 15 is 0 Å². The van der Waals surface area contributed by atoms with Crippen molar-refractivity contribution in [3.63, 3.8) is 0 Å². The first-order valence-electron chi connectivity index (χ1n) is 7.03. The van der Waals surface area contributed by atoms with Gasteiger partial charge in [-0.2, -0.15) is 0 Å². The number of aromatic amines is 1. The van der Waals surface area contributed by atoms with Gasteiger partial charge in [0, 0.05) is 11.6 Å². The van der Waals surface area contributed by atoms with Crippen molar-refractivity contribution in [3.8, 4) is 0 Å². The molecule has 0 bridgehead atoms. The Kier molecular flexibility index (Phi) is 4.22. The summed E-state index contributed by atoms with van der Waals surface area (Å²) in [6.07, 6.45) is 0. The molecule has 5 heteroatoms. The molecule has 1 heterocycles. The second kappa shape index (κ2) is 6.30. The van der Waals surface area contributed by atoms with Crippen LogP contribution in [0.5, 0.6) is 0 Å². The first-order valence-corrected chi connectivity index (χ1v) is 7.40. The maximum atomic E-state index is 12.1. The van der Waals surface area contributed by atoms with Gasteiger partial charge in [0.1, 0.15) is 5.82 Å². The van der Waals surface area contributed by atoms with Crippen molar-refractivity contribution in [1.29, 1.82) is 0 Å². The van der Waals surface area contributed by atoms with E-state index in [0.29, 0.717) is 17.8 Å². The predicted octanol–water partition coefficient (Wildman–Crippen LogP) is 3.21. The van der Waals surface area contributed by atoms with E-state index in [1.54, 1.807) is 6.07 Å². The Bertz CT molecular complexity index is 860. The third kappa shape index (κ3) is 3.35. The van der Waals surface area contributed by atoms with Gasteiger partial charge in [-0.15, -0.1) is 0 Å². The lowest BCUT2D eigenvalue weighted by atomic mass is 10.2. The predicted molar refractivity (Wildman–Crippen MR) is 89.0 cm³/mol. The van der Waals surface area contributed by atoms with Gasteiger partial charge in [-0.1, -0.05) is 35.9 Å². The molecule has 0 radical (unpaired) electrons. The second-order valence-electron chi connectivity index (χ2n) is 5.33. The van der Waals surface area contributed by atoms with Crippen LogP contribution in [-0.2, 0) is 13.1 Å². The largest absolute Gasteiger partial charge is 0.309 e. The minimum Gasteiger partial charge on any atom is -0.309 e. The highest BCUT2D eigenvalue weighted by molar-refractivity contribution is 6.30. The topological polar surface area (TPSA) is 49.0 Å². The monoisotopic (exact) mass is 313 g/mol. The fraction of sp³-hybridized carbons (Fsp3) is 0.176. The van der Waals surface area contributed by atoms with Crippen LogP contribution < -0.4 is 5.56 Å². The molecule has 0 atom stereocenters. The van der Waals surface area contributed by atoms with Gasteiger partial charge >= 0.3 is 0 Å². The van der Waals surface area contributed by atoms with Crippen molar-refractivity contribution >= 4 is 22.5 Å². The van der Waals surface area contributed by atoms with E-state index in [2.05, 4.69) is 14.9 Å². The molecule has 0 fully saturated rings. The van der Waals surface area contributed by atoms with Gasteiger partial charge in [0.05, 0.1) is 17.4 Å². The Morgan fingerprint density at radius 1 is 1.14 bits per heavy atom. The van der Waals surface area contributed by atoms with Gasteiger partial charge in [0.25, 0.3) is 5.56 Å². The molecule has 0 unspecified atom stereocenters. The number of para-hydroxylation sites is 1. The summed E-state index contributed by atoms with van der Waals surface area (Å²) in [6.45, 7) is 1.30. The average Bonchev–Trinajstić information content (AvgIpc) is 2.47. The van der Waals surface area contributed by atoms with Gasteiger partial charge in [-0.3, -0.25) is 9.69 Å². The summed E-state index contributed by atoms with van der Waals surface area (Å²) in [5, 5.41) is 1.34. The number of H-pyrrole nitrogens is 1. The second-order valence-corrected chi connectivity index (χ2v) is 5.77. The molecule has 0 aliphatic heterocycles. The standard InChI is InChI=1S/C17H16ClN3O/c1-21(10-12-5-4-6-13(18)9-12)11-16-19-15-8-3-2-7-14(15)17(22)20-16/h2-9H,10-11H2,1H3,(H,19,20,22). The summed E-state index contributed by atoms with van der Waals surface area (Å²) in [5.41, 5.74) is 1.74. The number of fused-ring (bicyclic) bond motifs is 1. The molecule has 1 N–H and O–H groups in total. The van der Waals surface area contributed by atoms with Crippen LogP contribution in [0.1, 0.15) is 11.4 Å². The van der Waals surface area contributed by atoms with E-state index < -0.39 is 0 Å². The fourth-order valence-electron chi connectivity index (χ4n) is 2.47. The molecule has 2 aromatic carbocycles. The lowest BCUT2D eigenvalue weighted by Gasteiger charge is -2.16. The Morgan fingerprint density at radius 2 is 1.95 bits per heavy atom. The maximum absolute atomic E-state index is 12.1. The van der Waals surface area contributed by atoms with Gasteiger partial charge in [0.2, 0.25) is 0 Å². The van der Waals surface area contributed by atoms with Crippen LogP contribution in [0.4, 0.5) is 0 Å². The van der Waals surface area contributed by atoms with E-state index in [0.717, 1.165) is 22.6 Å². The van der Waals surface area contributed by atoms with Crippen molar-refractivity contribution in [2.45, 2.75) is 13.1 Å². The summed E-state index contributed by atoms with van der Waals surface area (Å²) in [4.78, 5) is 21.5. The van der Waals surface area contributed by atoms with E-state index in [9.17, 15) is 4.79 Å².